The average Bonchev–Trinajstić information content (AvgIpc) is 3.47. The number of nitrogens with one attached hydrogen (secondary N) is 1. The van der Waals surface area contributed by atoms with Crippen LogP contribution in [-0.4, -0.2) is 35.4 Å². The number of furan rings is 1. The topological polar surface area (TPSA) is 134 Å². The van der Waals surface area contributed by atoms with Crippen LogP contribution in [0, 0.1) is 10.1 Å². The van der Waals surface area contributed by atoms with E-state index in [2.05, 4.69) is 20.5 Å². The summed E-state index contributed by atoms with van der Waals surface area (Å²) in [4.78, 5) is 26.6. The third kappa shape index (κ3) is 4.73. The summed E-state index contributed by atoms with van der Waals surface area (Å²) in [6.07, 6.45) is 3.84. The predicted octanol–water partition coefficient (Wildman–Crippen LogP) is 3.63. The van der Waals surface area contributed by atoms with Gasteiger partial charge in [-0.2, -0.15) is 5.10 Å². The van der Waals surface area contributed by atoms with Crippen LogP contribution in [0.15, 0.2) is 53.5 Å². The maximum Gasteiger partial charge on any atom is 0.307 e. The van der Waals surface area contributed by atoms with Crippen LogP contribution in [0.1, 0.15) is 21.9 Å². The molecule has 0 fully saturated rings. The minimum absolute atomic E-state index is 0.0298. The van der Waals surface area contributed by atoms with Crippen LogP contribution < -0.4 is 5.32 Å². The quantitative estimate of drug-likeness (QED) is 0.327. The Morgan fingerprint density at radius 2 is 1.94 bits per heavy atom. The van der Waals surface area contributed by atoms with Crippen LogP contribution in [-0.2, 0) is 13.1 Å². The number of carbonyl (C=O) groups excluding carboxylic acids is 1. The van der Waals surface area contributed by atoms with Crippen molar-refractivity contribution in [3.8, 4) is 0 Å². The molecule has 1 aromatic carbocycles. The summed E-state index contributed by atoms with van der Waals surface area (Å²) in [6.45, 7) is 0.412. The zero-order chi connectivity index (χ0) is 22.0. The van der Waals surface area contributed by atoms with Crippen molar-refractivity contribution in [2.24, 2.45) is 0 Å². The molecule has 0 saturated heterocycles. The number of benzene rings is 1. The standard InChI is InChI=1S/C18H13Cl2N7O4/c19-14-2-1-3-15(20)13(14)9-26-10-21-18(24-26)23-17(28)16-5-4-12(31-16)8-25-7-11(6-22-25)27(29)30/h1-7,10H,8-9H2,(H,23,24,28). The number of amides is 1. The van der Waals surface area contributed by atoms with Crippen molar-refractivity contribution in [1.82, 2.24) is 24.5 Å². The van der Waals surface area contributed by atoms with Gasteiger partial charge in [-0.15, -0.1) is 5.10 Å². The number of nitrogens with zero attached hydrogens (tertiary/aromatic N) is 6. The van der Waals surface area contributed by atoms with E-state index in [1.165, 1.54) is 28.0 Å². The van der Waals surface area contributed by atoms with Crippen LogP contribution in [0.2, 0.25) is 10.0 Å². The average molecular weight is 462 g/mol. The van der Waals surface area contributed by atoms with Gasteiger partial charge in [0.2, 0.25) is 5.95 Å². The fourth-order valence-corrected chi connectivity index (χ4v) is 3.23. The molecule has 0 aliphatic carbocycles. The van der Waals surface area contributed by atoms with E-state index in [9.17, 15) is 14.9 Å². The highest BCUT2D eigenvalue weighted by Gasteiger charge is 2.16. The monoisotopic (exact) mass is 461 g/mol. The second-order valence-corrected chi connectivity index (χ2v) is 7.15. The Kier molecular flexibility index (Phi) is 5.69. The minimum Gasteiger partial charge on any atom is -0.454 e. The summed E-state index contributed by atoms with van der Waals surface area (Å²) < 4.78 is 8.31. The largest absolute Gasteiger partial charge is 0.454 e. The van der Waals surface area contributed by atoms with Gasteiger partial charge in [-0.1, -0.05) is 29.3 Å². The van der Waals surface area contributed by atoms with E-state index < -0.39 is 10.8 Å². The van der Waals surface area contributed by atoms with Crippen LogP contribution in [0.3, 0.4) is 0 Å². The van der Waals surface area contributed by atoms with Gasteiger partial charge >= 0.3 is 5.69 Å². The lowest BCUT2D eigenvalue weighted by Crippen LogP contribution is -2.13. The van der Waals surface area contributed by atoms with Crippen molar-refractivity contribution in [2.75, 3.05) is 5.32 Å². The Labute approximate surface area is 184 Å². The summed E-state index contributed by atoms with van der Waals surface area (Å²) in [5.74, 6) is -0.0443. The van der Waals surface area contributed by atoms with Crippen molar-refractivity contribution in [3.05, 3.63) is 86.3 Å². The molecule has 0 radical (unpaired) electrons. The van der Waals surface area contributed by atoms with E-state index in [0.29, 0.717) is 21.4 Å². The molecule has 11 nitrogen and oxygen atoms in total. The van der Waals surface area contributed by atoms with Crippen molar-refractivity contribution >= 4 is 40.7 Å². The molecule has 4 rings (SSSR count). The highest BCUT2D eigenvalue weighted by Crippen LogP contribution is 2.25. The summed E-state index contributed by atoms with van der Waals surface area (Å²) in [5, 5.41) is 22.3. The third-order valence-corrected chi connectivity index (χ3v) is 4.89. The van der Waals surface area contributed by atoms with E-state index in [4.69, 9.17) is 27.6 Å². The lowest BCUT2D eigenvalue weighted by molar-refractivity contribution is -0.385. The van der Waals surface area contributed by atoms with Gasteiger partial charge in [0.1, 0.15) is 24.5 Å². The molecule has 158 valence electrons. The highest BCUT2D eigenvalue weighted by atomic mass is 35.5. The van der Waals surface area contributed by atoms with Crippen molar-refractivity contribution in [2.45, 2.75) is 13.1 Å². The molecule has 0 saturated carbocycles. The molecule has 1 amide bonds. The smallest absolute Gasteiger partial charge is 0.307 e. The van der Waals surface area contributed by atoms with E-state index in [1.54, 1.807) is 24.3 Å². The molecule has 3 heterocycles. The number of halogens is 2. The first-order chi connectivity index (χ1) is 14.9. The van der Waals surface area contributed by atoms with Crippen molar-refractivity contribution < 1.29 is 14.1 Å². The number of hydrogen-bond donors (Lipinski definition) is 1. The molecule has 4 aromatic rings. The van der Waals surface area contributed by atoms with Gasteiger partial charge in [0, 0.05) is 15.6 Å². The summed E-state index contributed by atoms with van der Waals surface area (Å²) in [5.41, 5.74) is 0.549. The SMILES string of the molecule is O=C(Nc1ncn(Cc2c(Cl)cccc2Cl)n1)c1ccc(Cn2cc([N+](=O)[O-])cn2)o1. The number of rotatable bonds is 7. The van der Waals surface area contributed by atoms with Crippen LogP contribution in [0.5, 0.6) is 0 Å². The van der Waals surface area contributed by atoms with Gasteiger partial charge in [-0.05, 0) is 24.3 Å². The molecule has 3 aromatic heterocycles. The molecule has 0 atom stereocenters. The Morgan fingerprint density at radius 3 is 2.65 bits per heavy atom. The number of hydrogen-bond acceptors (Lipinski definition) is 7. The van der Waals surface area contributed by atoms with Gasteiger partial charge in [0.25, 0.3) is 5.91 Å². The molecular formula is C18H13Cl2N7O4. The zero-order valence-corrected chi connectivity index (χ0v) is 17.1. The van der Waals surface area contributed by atoms with Gasteiger partial charge in [0.05, 0.1) is 18.0 Å². The van der Waals surface area contributed by atoms with E-state index in [1.807, 2.05) is 0 Å². The summed E-state index contributed by atoms with van der Waals surface area (Å²) in [7, 11) is 0. The molecule has 0 bridgehead atoms. The second-order valence-electron chi connectivity index (χ2n) is 6.34. The van der Waals surface area contributed by atoms with Gasteiger partial charge in [-0.3, -0.25) is 24.9 Å². The first-order valence-electron chi connectivity index (χ1n) is 8.78. The molecular weight excluding hydrogens is 449 g/mol. The Hall–Kier alpha value is -3.70. The normalized spacial score (nSPS) is 10.9. The lowest BCUT2D eigenvalue weighted by Gasteiger charge is -2.06. The highest BCUT2D eigenvalue weighted by molar-refractivity contribution is 6.35. The fourth-order valence-electron chi connectivity index (χ4n) is 2.71. The van der Waals surface area contributed by atoms with E-state index in [0.717, 1.165) is 6.20 Å². The molecule has 0 aliphatic heterocycles. The summed E-state index contributed by atoms with van der Waals surface area (Å²) >= 11 is 12.3. The maximum atomic E-state index is 12.4. The molecule has 1 N–H and O–H groups in total. The zero-order valence-electron chi connectivity index (χ0n) is 15.6. The number of carbonyl (C=O) groups is 1. The predicted molar refractivity (Wildman–Crippen MR) is 110 cm³/mol. The van der Waals surface area contributed by atoms with E-state index in [-0.39, 0.29) is 30.5 Å². The maximum absolute atomic E-state index is 12.4. The second kappa shape index (κ2) is 8.58. The molecule has 0 aliphatic rings. The first kappa shape index (κ1) is 20.6. The third-order valence-electron chi connectivity index (χ3n) is 4.18. The van der Waals surface area contributed by atoms with Crippen molar-refractivity contribution in [3.63, 3.8) is 0 Å². The molecule has 13 heteroatoms. The Balaban J connectivity index is 1.39. The molecule has 31 heavy (non-hydrogen) atoms. The van der Waals surface area contributed by atoms with Crippen molar-refractivity contribution in [1.29, 1.82) is 0 Å². The van der Waals surface area contributed by atoms with Crippen LogP contribution >= 0.6 is 23.2 Å². The van der Waals surface area contributed by atoms with Crippen LogP contribution in [0.4, 0.5) is 11.6 Å². The van der Waals surface area contributed by atoms with E-state index >= 15 is 0 Å². The Morgan fingerprint density at radius 1 is 1.16 bits per heavy atom. The Bertz CT molecular complexity index is 1240. The first-order valence-corrected chi connectivity index (χ1v) is 9.54. The lowest BCUT2D eigenvalue weighted by atomic mass is 10.2. The van der Waals surface area contributed by atoms with Gasteiger partial charge < -0.3 is 4.42 Å². The van der Waals surface area contributed by atoms with Crippen LogP contribution in [0.25, 0.3) is 0 Å². The molecule has 0 unspecified atom stereocenters. The molecule has 0 spiro atoms. The minimum atomic E-state index is -0.550. The number of aromatic nitrogens is 5. The van der Waals surface area contributed by atoms with Gasteiger partial charge in [-0.25, -0.2) is 9.67 Å². The fraction of sp³-hybridized carbons (Fsp3) is 0.111. The number of nitro groups is 1. The summed E-state index contributed by atoms with van der Waals surface area (Å²) in [6, 6.07) is 8.24. The number of anilines is 1. The van der Waals surface area contributed by atoms with Gasteiger partial charge in [0.15, 0.2) is 5.76 Å².